The molecule has 0 aliphatic carbocycles. The summed E-state index contributed by atoms with van der Waals surface area (Å²) >= 11 is 0. The zero-order valence-corrected chi connectivity index (χ0v) is 21.5. The molecule has 5 rings (SSSR count). The lowest BCUT2D eigenvalue weighted by molar-refractivity contribution is -0.349. The van der Waals surface area contributed by atoms with Gasteiger partial charge in [-0.1, -0.05) is 0 Å². The quantitative estimate of drug-likeness (QED) is 0.162. The van der Waals surface area contributed by atoms with Crippen molar-refractivity contribution in [3.05, 3.63) is 52.7 Å². The molecule has 2 aliphatic heterocycles. The molecule has 2 saturated heterocycles. The van der Waals surface area contributed by atoms with Crippen molar-refractivity contribution in [3.63, 3.8) is 0 Å². The molecule has 41 heavy (non-hydrogen) atoms. The molecule has 10 atom stereocenters. The van der Waals surface area contributed by atoms with Crippen LogP contribution in [0.5, 0.6) is 17.2 Å². The van der Waals surface area contributed by atoms with E-state index in [-0.39, 0.29) is 28.2 Å². The highest BCUT2D eigenvalue weighted by atomic mass is 16.7. The van der Waals surface area contributed by atoms with Crippen LogP contribution in [0.3, 0.4) is 0 Å². The summed E-state index contributed by atoms with van der Waals surface area (Å²) in [6.45, 7) is 0.739. The number of phenolic OH excluding ortho intramolecular Hbond substituents is 2. The summed E-state index contributed by atoms with van der Waals surface area (Å²) in [7, 11) is 0. The van der Waals surface area contributed by atoms with E-state index in [0.29, 0.717) is 5.56 Å². The molecular weight excluding hydrogens is 548 g/mol. The Bertz CT molecular complexity index is 1440. The average Bonchev–Trinajstić information content (AvgIpc) is 2.95. The number of phenols is 2. The van der Waals surface area contributed by atoms with E-state index >= 15 is 0 Å². The molecule has 1 aromatic heterocycles. The number of hydrogen-bond donors (Lipinski definition) is 8. The standard InChI is InChI=1S/C27H30O14/c1-10-20(32)21(33)23(35)26(37-10)41-25-19(9-28)40-27(24(36)22(25)34)38-12-3-4-13-15(30)8-17(39-18(13)7-12)11-2-5-14(29)16(31)6-11/h2-8,10,19-29,31-36H,9H2,1H3/t10-,19+,20-,21+,22+,23+,24+,25+,26-,27+/m0/s1. The molecule has 3 aromatic rings. The second-order valence-electron chi connectivity index (χ2n) is 9.94. The van der Waals surface area contributed by atoms with Crippen molar-refractivity contribution in [2.45, 2.75) is 68.3 Å². The minimum atomic E-state index is -1.73. The van der Waals surface area contributed by atoms with Crippen molar-refractivity contribution >= 4 is 11.0 Å². The molecule has 8 N–H and O–H groups in total. The number of aliphatic hydroxyl groups is 6. The topological polar surface area (TPSA) is 229 Å². The van der Waals surface area contributed by atoms with Gasteiger partial charge in [0.25, 0.3) is 0 Å². The van der Waals surface area contributed by atoms with Crippen molar-refractivity contribution in [3.8, 4) is 28.6 Å². The van der Waals surface area contributed by atoms with E-state index in [9.17, 15) is 45.6 Å². The summed E-state index contributed by atoms with van der Waals surface area (Å²) in [5.41, 5.74) is 0.00544. The number of hydrogen-bond acceptors (Lipinski definition) is 14. The van der Waals surface area contributed by atoms with Gasteiger partial charge in [-0.3, -0.25) is 4.79 Å². The van der Waals surface area contributed by atoms with Crippen LogP contribution in [-0.2, 0) is 14.2 Å². The highest BCUT2D eigenvalue weighted by molar-refractivity contribution is 5.80. The van der Waals surface area contributed by atoms with E-state index in [0.717, 1.165) is 0 Å². The Morgan fingerprint density at radius 1 is 0.805 bits per heavy atom. The van der Waals surface area contributed by atoms with Crippen LogP contribution >= 0.6 is 0 Å². The van der Waals surface area contributed by atoms with Crippen LogP contribution in [0.1, 0.15) is 6.92 Å². The first kappa shape index (κ1) is 29.2. The molecule has 0 bridgehead atoms. The van der Waals surface area contributed by atoms with Crippen molar-refractivity contribution in [2.24, 2.45) is 0 Å². The Morgan fingerprint density at radius 2 is 1.54 bits per heavy atom. The molecule has 0 saturated carbocycles. The first-order chi connectivity index (χ1) is 19.5. The fourth-order valence-electron chi connectivity index (χ4n) is 4.76. The van der Waals surface area contributed by atoms with Crippen molar-refractivity contribution in [2.75, 3.05) is 6.61 Å². The van der Waals surface area contributed by atoms with E-state index in [1.165, 1.54) is 49.4 Å². The molecule has 0 spiro atoms. The molecule has 14 heteroatoms. The van der Waals surface area contributed by atoms with Crippen LogP contribution in [0.25, 0.3) is 22.3 Å². The largest absolute Gasteiger partial charge is 0.504 e. The van der Waals surface area contributed by atoms with Crippen molar-refractivity contribution in [1.82, 2.24) is 0 Å². The van der Waals surface area contributed by atoms with Crippen LogP contribution in [0.4, 0.5) is 0 Å². The minimum Gasteiger partial charge on any atom is -0.504 e. The summed E-state index contributed by atoms with van der Waals surface area (Å²) in [6, 6.07) is 9.30. The third-order valence-corrected chi connectivity index (χ3v) is 7.13. The SMILES string of the molecule is C[C@@H]1O[C@@H](O[C@H]2[C@H](O)[C@@H](O)[C@H](Oc3ccc4c(=O)cc(-c5ccc(O)c(O)c5)oc4c3)O[C@@H]2CO)[C@H](O)[C@H](O)[C@H]1O. The number of aromatic hydroxyl groups is 2. The zero-order chi connectivity index (χ0) is 29.6. The fraction of sp³-hybridized carbons (Fsp3) is 0.444. The van der Waals surface area contributed by atoms with Gasteiger partial charge >= 0.3 is 0 Å². The predicted molar refractivity (Wildman–Crippen MR) is 137 cm³/mol. The summed E-state index contributed by atoms with van der Waals surface area (Å²) in [5, 5.41) is 81.2. The van der Waals surface area contributed by atoms with Crippen LogP contribution in [0.2, 0.25) is 0 Å². The summed E-state index contributed by atoms with van der Waals surface area (Å²) in [5.74, 6) is -0.588. The number of aliphatic hydroxyl groups excluding tert-OH is 6. The van der Waals surface area contributed by atoms with Gasteiger partial charge in [-0.2, -0.15) is 0 Å². The molecule has 2 aromatic carbocycles. The van der Waals surface area contributed by atoms with Crippen LogP contribution in [-0.4, -0.2) is 109 Å². The maximum Gasteiger partial charge on any atom is 0.229 e. The Labute approximate surface area is 231 Å². The summed E-state index contributed by atoms with van der Waals surface area (Å²) < 4.78 is 28.1. The van der Waals surface area contributed by atoms with Gasteiger partial charge in [0.05, 0.1) is 18.1 Å². The van der Waals surface area contributed by atoms with Crippen molar-refractivity contribution in [1.29, 1.82) is 0 Å². The highest BCUT2D eigenvalue weighted by Gasteiger charge is 2.50. The van der Waals surface area contributed by atoms with E-state index in [2.05, 4.69) is 0 Å². The van der Waals surface area contributed by atoms with Crippen LogP contribution in [0, 0.1) is 0 Å². The lowest BCUT2D eigenvalue weighted by atomic mass is 9.97. The predicted octanol–water partition coefficient (Wildman–Crippen LogP) is -1.10. The van der Waals surface area contributed by atoms with E-state index < -0.39 is 79.2 Å². The molecule has 0 unspecified atom stereocenters. The maximum absolute atomic E-state index is 12.7. The summed E-state index contributed by atoms with van der Waals surface area (Å²) in [6.07, 6.45) is -14.8. The van der Waals surface area contributed by atoms with Crippen LogP contribution < -0.4 is 10.2 Å². The molecule has 3 heterocycles. The van der Waals surface area contributed by atoms with Gasteiger partial charge in [-0.25, -0.2) is 0 Å². The van der Waals surface area contributed by atoms with Gasteiger partial charge in [-0.05, 0) is 37.3 Å². The van der Waals surface area contributed by atoms with Gasteiger partial charge in [0.15, 0.2) is 23.2 Å². The third-order valence-electron chi connectivity index (χ3n) is 7.13. The fourth-order valence-corrected chi connectivity index (χ4v) is 4.76. The third kappa shape index (κ3) is 5.61. The van der Waals surface area contributed by atoms with Gasteiger partial charge in [0, 0.05) is 17.7 Å². The Hall–Kier alpha value is -3.31. The lowest BCUT2D eigenvalue weighted by Gasteiger charge is -2.45. The normalized spacial score (nSPS) is 34.0. The number of rotatable bonds is 6. The van der Waals surface area contributed by atoms with Gasteiger partial charge in [0.2, 0.25) is 6.29 Å². The minimum absolute atomic E-state index is 0.0654. The Morgan fingerprint density at radius 3 is 2.24 bits per heavy atom. The second-order valence-corrected chi connectivity index (χ2v) is 9.94. The second kappa shape index (κ2) is 11.5. The molecular formula is C27H30O14. The Kier molecular flexibility index (Phi) is 8.20. The molecule has 14 nitrogen and oxygen atoms in total. The number of benzene rings is 2. The number of ether oxygens (including phenoxy) is 4. The molecule has 2 fully saturated rings. The monoisotopic (exact) mass is 578 g/mol. The number of fused-ring (bicyclic) bond motifs is 1. The first-order valence-corrected chi connectivity index (χ1v) is 12.7. The Balaban J connectivity index is 1.35. The van der Waals surface area contributed by atoms with E-state index in [4.69, 9.17) is 23.4 Å². The van der Waals surface area contributed by atoms with Gasteiger partial charge in [0.1, 0.15) is 59.8 Å². The van der Waals surface area contributed by atoms with Crippen molar-refractivity contribution < 1.29 is 64.2 Å². The highest BCUT2D eigenvalue weighted by Crippen LogP contribution is 2.33. The lowest BCUT2D eigenvalue weighted by Crippen LogP contribution is -2.64. The van der Waals surface area contributed by atoms with Gasteiger partial charge in [-0.15, -0.1) is 0 Å². The van der Waals surface area contributed by atoms with E-state index in [1.807, 2.05) is 0 Å². The van der Waals surface area contributed by atoms with Crippen LogP contribution in [0.15, 0.2) is 51.7 Å². The molecule has 0 amide bonds. The summed E-state index contributed by atoms with van der Waals surface area (Å²) in [4.78, 5) is 12.7. The maximum atomic E-state index is 12.7. The van der Waals surface area contributed by atoms with Gasteiger partial charge < -0.3 is 64.2 Å². The molecule has 2 aliphatic rings. The molecule has 0 radical (unpaired) electrons. The first-order valence-electron chi connectivity index (χ1n) is 12.7. The molecule has 222 valence electrons. The zero-order valence-electron chi connectivity index (χ0n) is 21.5. The smallest absolute Gasteiger partial charge is 0.229 e. The van der Waals surface area contributed by atoms with E-state index in [1.54, 1.807) is 0 Å². The average molecular weight is 579 g/mol.